The van der Waals surface area contributed by atoms with E-state index in [1.807, 2.05) is 91.0 Å². The molecule has 1 aliphatic rings. The molecule has 32 heavy (non-hydrogen) atoms. The molecule has 0 fully saturated rings. The summed E-state index contributed by atoms with van der Waals surface area (Å²) in [5.74, 6) is 1.17. The Labute approximate surface area is 195 Å². The summed E-state index contributed by atoms with van der Waals surface area (Å²) in [7, 11) is 0. The van der Waals surface area contributed by atoms with Crippen LogP contribution in [0.1, 0.15) is 11.1 Å². The van der Waals surface area contributed by atoms with Gasteiger partial charge in [-0.15, -0.1) is 10.2 Å². The van der Waals surface area contributed by atoms with Crippen molar-refractivity contribution < 1.29 is 4.74 Å². The van der Waals surface area contributed by atoms with Crippen LogP contribution < -0.4 is 10.1 Å². The third-order valence-electron chi connectivity index (χ3n) is 4.90. The minimum Gasteiger partial charge on any atom is -0.448 e. The van der Waals surface area contributed by atoms with Crippen molar-refractivity contribution in [3.05, 3.63) is 101 Å². The number of thioether (sulfide) groups is 1. The highest BCUT2D eigenvalue weighted by Gasteiger charge is 2.23. The van der Waals surface area contributed by atoms with E-state index in [0.29, 0.717) is 22.5 Å². The molecule has 5 nitrogen and oxygen atoms in total. The zero-order valence-corrected chi connectivity index (χ0v) is 18.6. The number of rotatable bonds is 5. The third kappa shape index (κ3) is 4.77. The largest absolute Gasteiger partial charge is 0.448 e. The second-order valence-corrected chi connectivity index (χ2v) is 8.54. The molecule has 1 N–H and O–H groups in total. The van der Waals surface area contributed by atoms with Gasteiger partial charge in [0, 0.05) is 22.0 Å². The van der Waals surface area contributed by atoms with Gasteiger partial charge >= 0.3 is 0 Å². The van der Waals surface area contributed by atoms with Gasteiger partial charge in [0.25, 0.3) is 0 Å². The van der Waals surface area contributed by atoms with Gasteiger partial charge in [0.15, 0.2) is 11.9 Å². The summed E-state index contributed by atoms with van der Waals surface area (Å²) in [6, 6.07) is 25.8. The van der Waals surface area contributed by atoms with Crippen molar-refractivity contribution in [2.24, 2.45) is 0 Å². The molecule has 1 atom stereocenters. The topological polar surface area (TPSA) is 59.9 Å². The van der Waals surface area contributed by atoms with Crippen molar-refractivity contribution in [2.75, 3.05) is 5.32 Å². The number of ether oxygens (including phenoxy) is 1. The summed E-state index contributed by atoms with van der Waals surface area (Å²) in [5, 5.41) is 13.5. The number of hydrogen-bond acceptors (Lipinski definition) is 6. The normalized spacial score (nSPS) is 14.7. The molecule has 0 saturated heterocycles. The van der Waals surface area contributed by atoms with Gasteiger partial charge in [-0.3, -0.25) is 0 Å². The number of nitrogens with zero attached hydrogens (tertiary/aromatic N) is 3. The quantitative estimate of drug-likeness (QED) is 0.353. The Morgan fingerprint density at radius 3 is 2.56 bits per heavy atom. The maximum atomic E-state index is 6.23. The maximum absolute atomic E-state index is 6.23. The average Bonchev–Trinajstić information content (AvgIpc) is 2.99. The Morgan fingerprint density at radius 1 is 0.938 bits per heavy atom. The lowest BCUT2D eigenvalue weighted by Gasteiger charge is -2.15. The van der Waals surface area contributed by atoms with Crippen molar-refractivity contribution in [3.8, 4) is 17.1 Å². The van der Waals surface area contributed by atoms with Crippen LogP contribution in [-0.4, -0.2) is 21.4 Å². The Morgan fingerprint density at radius 2 is 1.72 bits per heavy atom. The van der Waals surface area contributed by atoms with Gasteiger partial charge in [0.05, 0.1) is 0 Å². The maximum Gasteiger partial charge on any atom is 0.247 e. The first-order chi connectivity index (χ1) is 15.7. The van der Waals surface area contributed by atoms with E-state index in [1.54, 1.807) is 0 Å². The molecule has 1 aromatic heterocycles. The SMILES string of the molecule is Clc1ccc(CSc2nnc3c(n2)O[C@H](/C=C/c2ccccc2)Nc2ccccc2-3)cc1. The number of anilines is 1. The first-order valence-corrected chi connectivity index (χ1v) is 11.5. The number of hydrogen-bond donors (Lipinski definition) is 1. The van der Waals surface area contributed by atoms with Crippen molar-refractivity contribution in [3.63, 3.8) is 0 Å². The summed E-state index contributed by atoms with van der Waals surface area (Å²) in [6.07, 6.45) is 3.60. The number of nitrogens with one attached hydrogen (secondary N) is 1. The van der Waals surface area contributed by atoms with Gasteiger partial charge in [-0.25, -0.2) is 0 Å². The molecular formula is C25H19ClN4OS. The summed E-state index contributed by atoms with van der Waals surface area (Å²) in [6.45, 7) is 0. The molecule has 0 radical (unpaired) electrons. The van der Waals surface area contributed by atoms with Crippen LogP contribution in [0.2, 0.25) is 5.02 Å². The summed E-state index contributed by atoms with van der Waals surface area (Å²) >= 11 is 7.48. The summed E-state index contributed by atoms with van der Waals surface area (Å²) in [4.78, 5) is 4.68. The molecule has 0 spiro atoms. The molecule has 0 unspecified atom stereocenters. The van der Waals surface area contributed by atoms with Crippen LogP contribution in [-0.2, 0) is 5.75 Å². The smallest absolute Gasteiger partial charge is 0.247 e. The zero-order valence-electron chi connectivity index (χ0n) is 17.0. The van der Waals surface area contributed by atoms with E-state index in [9.17, 15) is 0 Å². The van der Waals surface area contributed by atoms with Crippen LogP contribution in [0.15, 0.2) is 90.1 Å². The minimum atomic E-state index is -0.400. The molecular weight excluding hydrogens is 440 g/mol. The molecule has 5 rings (SSSR count). The lowest BCUT2D eigenvalue weighted by atomic mass is 10.1. The second kappa shape index (κ2) is 9.42. The first-order valence-electron chi connectivity index (χ1n) is 10.1. The molecule has 2 heterocycles. The first kappa shape index (κ1) is 20.5. The van der Waals surface area contributed by atoms with E-state index in [4.69, 9.17) is 16.3 Å². The number of benzene rings is 3. The van der Waals surface area contributed by atoms with Crippen molar-refractivity contribution >= 4 is 35.1 Å². The average molecular weight is 459 g/mol. The van der Waals surface area contributed by atoms with E-state index < -0.39 is 6.23 Å². The highest BCUT2D eigenvalue weighted by atomic mass is 35.5. The predicted molar refractivity (Wildman–Crippen MR) is 130 cm³/mol. The van der Waals surface area contributed by atoms with E-state index in [0.717, 1.165) is 27.4 Å². The predicted octanol–water partition coefficient (Wildman–Crippen LogP) is 6.33. The van der Waals surface area contributed by atoms with Crippen LogP contribution in [0.4, 0.5) is 5.69 Å². The van der Waals surface area contributed by atoms with Crippen LogP contribution in [0.25, 0.3) is 17.3 Å². The molecule has 0 aliphatic carbocycles. The fourth-order valence-corrected chi connectivity index (χ4v) is 4.17. The summed E-state index contributed by atoms with van der Waals surface area (Å²) in [5.41, 5.74) is 4.68. The molecule has 0 saturated carbocycles. The highest BCUT2D eigenvalue weighted by Crippen LogP contribution is 2.36. The lowest BCUT2D eigenvalue weighted by Crippen LogP contribution is -2.23. The van der Waals surface area contributed by atoms with Crippen molar-refractivity contribution in [1.82, 2.24) is 15.2 Å². The Bertz CT molecular complexity index is 1250. The van der Waals surface area contributed by atoms with Crippen LogP contribution in [0, 0.1) is 0 Å². The minimum absolute atomic E-state index is 0.400. The monoisotopic (exact) mass is 458 g/mol. The van der Waals surface area contributed by atoms with E-state index in [-0.39, 0.29) is 0 Å². The van der Waals surface area contributed by atoms with Crippen molar-refractivity contribution in [2.45, 2.75) is 17.1 Å². The molecule has 0 amide bonds. The van der Waals surface area contributed by atoms with E-state index >= 15 is 0 Å². The van der Waals surface area contributed by atoms with Crippen LogP contribution >= 0.6 is 23.4 Å². The van der Waals surface area contributed by atoms with E-state index in [1.165, 1.54) is 11.8 Å². The van der Waals surface area contributed by atoms with Gasteiger partial charge in [-0.2, -0.15) is 4.98 Å². The number of aromatic nitrogens is 3. The number of para-hydroxylation sites is 1. The number of halogens is 1. The molecule has 4 aromatic rings. The highest BCUT2D eigenvalue weighted by molar-refractivity contribution is 7.98. The van der Waals surface area contributed by atoms with Gasteiger partial charge < -0.3 is 10.1 Å². The number of fused-ring (bicyclic) bond motifs is 3. The third-order valence-corrected chi connectivity index (χ3v) is 6.06. The van der Waals surface area contributed by atoms with Gasteiger partial charge in [0.2, 0.25) is 11.0 Å². The lowest BCUT2D eigenvalue weighted by molar-refractivity contribution is 0.266. The Hall–Kier alpha value is -3.35. The Balaban J connectivity index is 1.42. The van der Waals surface area contributed by atoms with Gasteiger partial charge in [-0.05, 0) is 35.4 Å². The van der Waals surface area contributed by atoms with Gasteiger partial charge in [-0.1, -0.05) is 90.1 Å². The second-order valence-electron chi connectivity index (χ2n) is 7.16. The summed E-state index contributed by atoms with van der Waals surface area (Å²) < 4.78 is 6.23. The Kier molecular flexibility index (Phi) is 6.05. The molecule has 0 bridgehead atoms. The van der Waals surface area contributed by atoms with E-state index in [2.05, 4.69) is 20.5 Å². The molecule has 7 heteroatoms. The van der Waals surface area contributed by atoms with Crippen molar-refractivity contribution in [1.29, 1.82) is 0 Å². The zero-order chi connectivity index (χ0) is 21.8. The van der Waals surface area contributed by atoms with Gasteiger partial charge in [0.1, 0.15) is 0 Å². The van der Waals surface area contributed by atoms with Crippen LogP contribution in [0.3, 0.4) is 0 Å². The molecule has 158 valence electrons. The molecule has 3 aromatic carbocycles. The van der Waals surface area contributed by atoms with Crippen LogP contribution in [0.5, 0.6) is 5.88 Å². The fraction of sp³-hybridized carbons (Fsp3) is 0.0800. The molecule has 1 aliphatic heterocycles. The fourth-order valence-electron chi connectivity index (χ4n) is 3.31. The standard InChI is InChI=1S/C25H19ClN4OS/c26-19-13-10-18(11-14-19)16-32-25-28-24-23(29-30-25)20-8-4-5-9-21(20)27-22(31-24)15-12-17-6-2-1-3-7-17/h1-15,22,27H,16H2/b15-12+/t22-/m1/s1.